The van der Waals surface area contributed by atoms with E-state index in [1.807, 2.05) is 0 Å². The Labute approximate surface area is 138 Å². The van der Waals surface area contributed by atoms with Crippen LogP contribution in [0.1, 0.15) is 65.2 Å². The molecule has 130 valence electrons. The van der Waals surface area contributed by atoms with E-state index in [-0.39, 0.29) is 17.5 Å². The Kier molecular flexibility index (Phi) is 5.80. The second-order valence-electron chi connectivity index (χ2n) is 8.75. The first-order chi connectivity index (χ1) is 10.2. The van der Waals surface area contributed by atoms with Gasteiger partial charge in [-0.2, -0.15) is 0 Å². The molecule has 4 heteroatoms. The van der Waals surface area contributed by atoms with Crippen molar-refractivity contribution in [3.63, 3.8) is 0 Å². The summed E-state index contributed by atoms with van der Waals surface area (Å²) in [5.41, 5.74) is -0.460. The van der Waals surface area contributed by atoms with Crippen LogP contribution in [0.2, 0.25) is 19.6 Å². The predicted octanol–water partition coefficient (Wildman–Crippen LogP) is 5.11. The Bertz CT molecular complexity index is 358. The molecule has 2 rings (SSSR count). The Balaban J connectivity index is 2.11. The van der Waals surface area contributed by atoms with Crippen LogP contribution >= 0.6 is 0 Å². The van der Waals surface area contributed by atoms with Crippen molar-refractivity contribution in [2.45, 2.75) is 102 Å². The molecule has 0 N–H and O–H groups in total. The molecule has 1 saturated heterocycles. The van der Waals surface area contributed by atoms with Crippen LogP contribution in [0, 0.1) is 5.92 Å². The molecule has 0 aromatic rings. The molecule has 0 aromatic heterocycles. The number of rotatable bonds is 6. The van der Waals surface area contributed by atoms with Gasteiger partial charge in [0, 0.05) is 13.5 Å². The van der Waals surface area contributed by atoms with Crippen molar-refractivity contribution in [3.05, 3.63) is 0 Å². The van der Waals surface area contributed by atoms with Crippen molar-refractivity contribution in [1.29, 1.82) is 0 Å². The molecule has 22 heavy (non-hydrogen) atoms. The van der Waals surface area contributed by atoms with E-state index in [1.54, 1.807) is 7.11 Å². The van der Waals surface area contributed by atoms with Gasteiger partial charge in [0.1, 0.15) is 0 Å². The lowest BCUT2D eigenvalue weighted by Crippen LogP contribution is -2.53. The van der Waals surface area contributed by atoms with Gasteiger partial charge in [-0.05, 0) is 52.2 Å². The third-order valence-electron chi connectivity index (χ3n) is 5.47. The second kappa shape index (κ2) is 6.92. The molecule has 1 heterocycles. The van der Waals surface area contributed by atoms with Crippen molar-refractivity contribution in [3.8, 4) is 0 Å². The minimum atomic E-state index is -1.65. The number of methoxy groups -OCH3 is 1. The molecule has 3 nitrogen and oxygen atoms in total. The zero-order valence-electron chi connectivity index (χ0n) is 15.5. The van der Waals surface area contributed by atoms with E-state index in [2.05, 4.69) is 33.5 Å². The van der Waals surface area contributed by atoms with Gasteiger partial charge in [0.15, 0.2) is 14.6 Å². The minimum Gasteiger partial charge on any atom is -0.409 e. The number of hydrogen-bond donors (Lipinski definition) is 0. The van der Waals surface area contributed by atoms with E-state index in [0.29, 0.717) is 0 Å². The van der Waals surface area contributed by atoms with Gasteiger partial charge in [-0.15, -0.1) is 0 Å². The van der Waals surface area contributed by atoms with Gasteiger partial charge < -0.3 is 13.9 Å². The Morgan fingerprint density at radius 2 is 1.73 bits per heavy atom. The van der Waals surface area contributed by atoms with Crippen molar-refractivity contribution < 1.29 is 13.9 Å². The van der Waals surface area contributed by atoms with Gasteiger partial charge in [-0.25, -0.2) is 0 Å². The van der Waals surface area contributed by atoms with Gasteiger partial charge in [0.2, 0.25) is 0 Å². The molecule has 2 atom stereocenters. The molecule has 1 saturated carbocycles. The summed E-state index contributed by atoms with van der Waals surface area (Å²) < 4.78 is 18.5. The third-order valence-corrected chi connectivity index (χ3v) is 6.47. The largest absolute Gasteiger partial charge is 0.409 e. The van der Waals surface area contributed by atoms with Gasteiger partial charge in [0.05, 0.1) is 11.2 Å². The van der Waals surface area contributed by atoms with E-state index >= 15 is 0 Å². The standard InChI is InChI=1S/C18H36O3Si/c1-17(2)18(21-22(4,5)6,14-16(19-3)20-17)13-12-15-10-8-7-9-11-15/h15-16H,7-14H2,1-6H3. The highest BCUT2D eigenvalue weighted by Crippen LogP contribution is 2.48. The first kappa shape index (κ1) is 18.4. The summed E-state index contributed by atoms with van der Waals surface area (Å²) >= 11 is 0. The molecule has 2 fully saturated rings. The van der Waals surface area contributed by atoms with Gasteiger partial charge >= 0.3 is 0 Å². The summed E-state index contributed by atoms with van der Waals surface area (Å²) in [5.74, 6) is 0.883. The normalized spacial score (nSPS) is 33.3. The molecule has 2 aliphatic rings. The van der Waals surface area contributed by atoms with E-state index < -0.39 is 8.32 Å². The van der Waals surface area contributed by atoms with Crippen molar-refractivity contribution in [1.82, 2.24) is 0 Å². The van der Waals surface area contributed by atoms with Crippen LogP contribution in [-0.2, 0) is 13.9 Å². The quantitative estimate of drug-likeness (QED) is 0.634. The van der Waals surface area contributed by atoms with E-state index in [9.17, 15) is 0 Å². The lowest BCUT2D eigenvalue weighted by atomic mass is 9.77. The second-order valence-corrected chi connectivity index (χ2v) is 13.2. The lowest BCUT2D eigenvalue weighted by Gasteiger charge is -2.44. The topological polar surface area (TPSA) is 27.7 Å². The summed E-state index contributed by atoms with van der Waals surface area (Å²) in [6.45, 7) is 11.2. The minimum absolute atomic E-state index is 0.127. The van der Waals surface area contributed by atoms with Crippen LogP contribution in [0.15, 0.2) is 0 Å². The zero-order valence-corrected chi connectivity index (χ0v) is 16.5. The summed E-state index contributed by atoms with van der Waals surface area (Å²) in [4.78, 5) is 0. The van der Waals surface area contributed by atoms with Crippen molar-refractivity contribution in [2.75, 3.05) is 7.11 Å². The van der Waals surface area contributed by atoms with Crippen LogP contribution in [0.3, 0.4) is 0 Å². The molecule has 0 bridgehead atoms. The fourth-order valence-electron chi connectivity index (χ4n) is 4.24. The molecular weight excluding hydrogens is 292 g/mol. The van der Waals surface area contributed by atoms with Crippen LogP contribution in [-0.4, -0.2) is 32.9 Å². The zero-order chi connectivity index (χ0) is 16.4. The average molecular weight is 329 g/mol. The molecule has 0 radical (unpaired) electrons. The average Bonchev–Trinajstić information content (AvgIpc) is 2.67. The summed E-state index contributed by atoms with van der Waals surface area (Å²) in [6.07, 6.45) is 10.2. The predicted molar refractivity (Wildman–Crippen MR) is 93.5 cm³/mol. The van der Waals surface area contributed by atoms with Crippen molar-refractivity contribution in [2.24, 2.45) is 5.92 Å². The van der Waals surface area contributed by atoms with Gasteiger partial charge in [-0.3, -0.25) is 0 Å². The molecule has 0 aromatic carbocycles. The Hall–Kier alpha value is 0.0969. The highest BCUT2D eigenvalue weighted by Gasteiger charge is 2.56. The van der Waals surface area contributed by atoms with Crippen LogP contribution < -0.4 is 0 Å². The molecular formula is C18H36O3Si. The maximum absolute atomic E-state index is 6.76. The van der Waals surface area contributed by atoms with Crippen LogP contribution in [0.5, 0.6) is 0 Å². The maximum Gasteiger partial charge on any atom is 0.184 e. The fraction of sp³-hybridized carbons (Fsp3) is 1.00. The van der Waals surface area contributed by atoms with Crippen LogP contribution in [0.25, 0.3) is 0 Å². The molecule has 1 aliphatic heterocycles. The highest BCUT2D eigenvalue weighted by atomic mass is 28.4. The first-order valence-corrected chi connectivity index (χ1v) is 12.5. The smallest absolute Gasteiger partial charge is 0.184 e. The number of ether oxygens (including phenoxy) is 2. The third kappa shape index (κ3) is 4.34. The van der Waals surface area contributed by atoms with E-state index in [4.69, 9.17) is 13.9 Å². The molecule has 2 unspecified atom stereocenters. The number of hydrogen-bond acceptors (Lipinski definition) is 3. The van der Waals surface area contributed by atoms with Gasteiger partial charge in [0.25, 0.3) is 0 Å². The van der Waals surface area contributed by atoms with Crippen molar-refractivity contribution >= 4 is 8.32 Å². The molecule has 1 aliphatic carbocycles. The van der Waals surface area contributed by atoms with E-state index in [0.717, 1.165) is 18.8 Å². The van der Waals surface area contributed by atoms with Crippen LogP contribution in [0.4, 0.5) is 0 Å². The fourth-order valence-corrected chi connectivity index (χ4v) is 5.85. The summed E-state index contributed by atoms with van der Waals surface area (Å²) in [5, 5.41) is 0. The Morgan fingerprint density at radius 3 is 2.23 bits per heavy atom. The Morgan fingerprint density at radius 1 is 1.09 bits per heavy atom. The molecule has 0 spiro atoms. The lowest BCUT2D eigenvalue weighted by molar-refractivity contribution is -0.162. The monoisotopic (exact) mass is 328 g/mol. The summed E-state index contributed by atoms with van der Waals surface area (Å²) in [6, 6.07) is 0. The van der Waals surface area contributed by atoms with E-state index in [1.165, 1.54) is 38.5 Å². The maximum atomic E-state index is 6.76. The highest BCUT2D eigenvalue weighted by molar-refractivity contribution is 6.69. The molecule has 0 amide bonds. The van der Waals surface area contributed by atoms with Gasteiger partial charge in [-0.1, -0.05) is 32.1 Å². The first-order valence-electron chi connectivity index (χ1n) is 9.08. The summed E-state index contributed by atoms with van der Waals surface area (Å²) in [7, 11) is 0.0945. The SMILES string of the molecule is COC1CC(CCC2CCCCC2)(O[Si](C)(C)C)C(C)(C)O1.